The van der Waals surface area contributed by atoms with Gasteiger partial charge in [-0.25, -0.2) is 4.79 Å². The minimum Gasteiger partial charge on any atom is -0.508 e. The molecule has 3 aromatic rings. The molecule has 10 N–H and O–H groups in total. The molecular weight excluding hydrogens is 550 g/mol. The van der Waals surface area contributed by atoms with Gasteiger partial charge in [-0.2, -0.15) is 0 Å². The number of aliphatic hydroxyl groups is 1. The van der Waals surface area contributed by atoms with Gasteiger partial charge >= 0.3 is 11.9 Å². The summed E-state index contributed by atoms with van der Waals surface area (Å²) in [5.41, 5.74) is 7.90. The lowest BCUT2D eigenvalue weighted by atomic mass is 10.0. The highest BCUT2D eigenvalue weighted by molar-refractivity contribution is 5.96. The lowest BCUT2D eigenvalue weighted by molar-refractivity contribution is -0.144. The van der Waals surface area contributed by atoms with E-state index in [1.807, 2.05) is 0 Å². The molecule has 0 aliphatic rings. The Kier molecular flexibility index (Phi) is 10.6. The van der Waals surface area contributed by atoms with Crippen molar-refractivity contribution in [1.82, 2.24) is 20.9 Å². The number of carboxylic acid groups (broad SMARTS) is 2. The van der Waals surface area contributed by atoms with Gasteiger partial charge in [0.05, 0.1) is 18.6 Å². The van der Waals surface area contributed by atoms with Crippen LogP contribution in [0.3, 0.4) is 0 Å². The predicted octanol–water partition coefficient (Wildman–Crippen LogP) is -0.619. The van der Waals surface area contributed by atoms with Crippen LogP contribution in [0.4, 0.5) is 0 Å². The molecule has 3 rings (SSSR count). The zero-order valence-corrected chi connectivity index (χ0v) is 22.6. The number of carbonyl (C=O) groups excluding carboxylic acids is 3. The van der Waals surface area contributed by atoms with Crippen molar-refractivity contribution < 1.29 is 44.4 Å². The number of hydrogen-bond acceptors (Lipinski definition) is 8. The van der Waals surface area contributed by atoms with Crippen LogP contribution < -0.4 is 21.7 Å². The Morgan fingerprint density at radius 3 is 2.12 bits per heavy atom. The van der Waals surface area contributed by atoms with Gasteiger partial charge in [0.15, 0.2) is 0 Å². The van der Waals surface area contributed by atoms with Crippen molar-refractivity contribution >= 4 is 40.6 Å². The molecule has 0 spiro atoms. The number of nitrogens with two attached hydrogens (primary N) is 1. The van der Waals surface area contributed by atoms with E-state index in [1.165, 1.54) is 19.1 Å². The number of aliphatic carboxylic acids is 2. The van der Waals surface area contributed by atoms with E-state index in [4.69, 9.17) is 5.73 Å². The molecule has 1 heterocycles. The van der Waals surface area contributed by atoms with Crippen molar-refractivity contribution in [2.24, 2.45) is 5.73 Å². The third-order valence-corrected chi connectivity index (χ3v) is 6.52. The first-order chi connectivity index (χ1) is 19.8. The van der Waals surface area contributed by atoms with Crippen molar-refractivity contribution in [3.05, 3.63) is 65.9 Å². The summed E-state index contributed by atoms with van der Waals surface area (Å²) in [5.74, 6) is -5.78. The molecule has 0 aliphatic carbocycles. The van der Waals surface area contributed by atoms with Crippen LogP contribution in [0, 0.1) is 0 Å². The van der Waals surface area contributed by atoms with E-state index in [-0.39, 0.29) is 18.6 Å². The van der Waals surface area contributed by atoms with Gasteiger partial charge < -0.3 is 47.1 Å². The summed E-state index contributed by atoms with van der Waals surface area (Å²) in [5, 5.41) is 46.2. The number of phenolic OH excluding ortho intramolecular Hbond substituents is 1. The second kappa shape index (κ2) is 14.1. The normalized spacial score (nSPS) is 14.6. The molecule has 0 bridgehead atoms. The molecule has 5 unspecified atom stereocenters. The Bertz CT molecular complexity index is 1440. The topological polar surface area (TPSA) is 244 Å². The van der Waals surface area contributed by atoms with E-state index in [1.54, 1.807) is 42.6 Å². The summed E-state index contributed by atoms with van der Waals surface area (Å²) in [6.07, 6.45) is -0.863. The lowest BCUT2D eigenvalue weighted by Gasteiger charge is -2.26. The van der Waals surface area contributed by atoms with Gasteiger partial charge in [0.25, 0.3) is 0 Å². The maximum Gasteiger partial charge on any atom is 0.326 e. The number of aromatic hydroxyl groups is 1. The highest BCUT2D eigenvalue weighted by Crippen LogP contribution is 2.19. The van der Waals surface area contributed by atoms with Crippen molar-refractivity contribution in [2.75, 3.05) is 0 Å². The number of nitrogens with one attached hydrogen (secondary N) is 4. The van der Waals surface area contributed by atoms with E-state index in [2.05, 4.69) is 20.9 Å². The Labute approximate surface area is 239 Å². The Morgan fingerprint density at radius 2 is 1.50 bits per heavy atom. The molecule has 224 valence electrons. The molecular formula is C28H33N5O9. The number of rotatable bonds is 14. The first-order valence-electron chi connectivity index (χ1n) is 13.0. The number of phenols is 1. The molecule has 14 heteroatoms. The van der Waals surface area contributed by atoms with E-state index >= 15 is 0 Å². The van der Waals surface area contributed by atoms with Gasteiger partial charge in [-0.3, -0.25) is 19.2 Å². The molecule has 0 fully saturated rings. The number of benzene rings is 2. The van der Waals surface area contributed by atoms with Gasteiger partial charge in [0.1, 0.15) is 23.9 Å². The fraction of sp³-hybridized carbons (Fsp3) is 0.321. The maximum absolute atomic E-state index is 13.0. The lowest BCUT2D eigenvalue weighted by Crippen LogP contribution is -2.60. The number of fused-ring (bicyclic) bond motifs is 1. The van der Waals surface area contributed by atoms with Gasteiger partial charge in [-0.15, -0.1) is 0 Å². The molecule has 2 aromatic carbocycles. The maximum atomic E-state index is 13.0. The monoisotopic (exact) mass is 583 g/mol. The second-order valence-electron chi connectivity index (χ2n) is 9.83. The summed E-state index contributed by atoms with van der Waals surface area (Å²) in [7, 11) is 0. The van der Waals surface area contributed by atoms with Gasteiger partial charge in [0.2, 0.25) is 17.7 Å². The fourth-order valence-electron chi connectivity index (χ4n) is 4.28. The van der Waals surface area contributed by atoms with Crippen molar-refractivity contribution in [1.29, 1.82) is 0 Å². The summed E-state index contributed by atoms with van der Waals surface area (Å²) in [6, 6.07) is 7.09. The molecule has 5 atom stereocenters. The number of H-pyrrole nitrogens is 1. The standard InChI is InChI=1S/C28H33N5O9/c1-14(34)24(27(40)32-22(28(41)42)11-16-13-30-20-5-3-2-4-18(16)20)33-26(39)21(12-23(36)37)31-25(38)19(29)10-15-6-8-17(35)9-7-15/h2-9,13-14,19,21-22,24,30,34-35H,10-12,29H2,1H3,(H,31,38)(H,32,40)(H,33,39)(H,36,37)(H,41,42). The van der Waals surface area contributed by atoms with E-state index < -0.39 is 66.4 Å². The smallest absolute Gasteiger partial charge is 0.326 e. The molecule has 3 amide bonds. The molecule has 1 aromatic heterocycles. The van der Waals surface area contributed by atoms with Crippen molar-refractivity contribution in [3.63, 3.8) is 0 Å². The first-order valence-corrected chi connectivity index (χ1v) is 13.0. The third kappa shape index (κ3) is 8.52. The van der Waals surface area contributed by atoms with Crippen molar-refractivity contribution in [2.45, 2.75) is 56.5 Å². The SMILES string of the molecule is CC(O)C(NC(=O)C(CC(=O)O)NC(=O)C(N)Cc1ccc(O)cc1)C(=O)NC(Cc1c[nH]c2ccccc12)C(=O)O. The van der Waals surface area contributed by atoms with Crippen LogP contribution in [0.25, 0.3) is 10.9 Å². The number of carboxylic acids is 2. The quantitative estimate of drug-likeness (QED) is 0.116. The number of para-hydroxylation sites is 1. The van der Waals surface area contributed by atoms with E-state index in [0.29, 0.717) is 11.1 Å². The highest BCUT2D eigenvalue weighted by atomic mass is 16.4. The van der Waals surface area contributed by atoms with Crippen LogP contribution in [-0.4, -0.2) is 85.3 Å². The summed E-state index contributed by atoms with van der Waals surface area (Å²) < 4.78 is 0. The molecule has 14 nitrogen and oxygen atoms in total. The molecule has 0 aliphatic heterocycles. The fourth-order valence-corrected chi connectivity index (χ4v) is 4.28. The largest absolute Gasteiger partial charge is 0.508 e. The summed E-state index contributed by atoms with van der Waals surface area (Å²) >= 11 is 0. The zero-order chi connectivity index (χ0) is 31.0. The number of carbonyl (C=O) groups is 5. The number of amides is 3. The van der Waals surface area contributed by atoms with Gasteiger partial charge in [0, 0.05) is 23.5 Å². The van der Waals surface area contributed by atoms with Crippen LogP contribution >= 0.6 is 0 Å². The van der Waals surface area contributed by atoms with Gasteiger partial charge in [-0.1, -0.05) is 30.3 Å². The van der Waals surface area contributed by atoms with Gasteiger partial charge in [-0.05, 0) is 42.7 Å². The predicted molar refractivity (Wildman–Crippen MR) is 149 cm³/mol. The minimum absolute atomic E-state index is 0.0131. The summed E-state index contributed by atoms with van der Waals surface area (Å²) in [4.78, 5) is 65.1. The van der Waals surface area contributed by atoms with Crippen LogP contribution in [0.15, 0.2) is 54.7 Å². The highest BCUT2D eigenvalue weighted by Gasteiger charge is 2.34. The zero-order valence-electron chi connectivity index (χ0n) is 22.6. The van der Waals surface area contributed by atoms with Crippen LogP contribution in [0.1, 0.15) is 24.5 Å². The number of hydrogen-bond donors (Lipinski definition) is 9. The average molecular weight is 584 g/mol. The molecule has 0 radical (unpaired) electrons. The summed E-state index contributed by atoms with van der Waals surface area (Å²) in [6.45, 7) is 1.18. The van der Waals surface area contributed by atoms with E-state index in [0.717, 1.165) is 10.9 Å². The number of aromatic amines is 1. The third-order valence-electron chi connectivity index (χ3n) is 6.52. The van der Waals surface area contributed by atoms with Crippen LogP contribution in [0.5, 0.6) is 5.75 Å². The Hall–Kier alpha value is -4.95. The second-order valence-corrected chi connectivity index (χ2v) is 9.83. The van der Waals surface area contributed by atoms with Crippen LogP contribution in [-0.2, 0) is 36.8 Å². The minimum atomic E-state index is -1.68. The number of aliphatic hydroxyl groups excluding tert-OH is 1. The molecule has 0 saturated carbocycles. The number of aromatic nitrogens is 1. The molecule has 0 saturated heterocycles. The Morgan fingerprint density at radius 1 is 0.857 bits per heavy atom. The Balaban J connectivity index is 1.69. The average Bonchev–Trinajstić information content (AvgIpc) is 3.34. The van der Waals surface area contributed by atoms with Crippen LogP contribution in [0.2, 0.25) is 0 Å². The van der Waals surface area contributed by atoms with E-state index in [9.17, 15) is 44.4 Å². The van der Waals surface area contributed by atoms with Crippen molar-refractivity contribution in [3.8, 4) is 5.75 Å². The first kappa shape index (κ1) is 31.6. The molecule has 42 heavy (non-hydrogen) atoms.